The topological polar surface area (TPSA) is 71.4 Å². The lowest BCUT2D eigenvalue weighted by Crippen LogP contribution is -2.34. The molecule has 0 aromatic carbocycles. The monoisotopic (exact) mass is 331 g/mol. The quantitative estimate of drug-likeness (QED) is 0.770. The number of hydrogen-bond donors (Lipinski definition) is 0. The molecule has 1 aliphatic heterocycles. The van der Waals surface area contributed by atoms with Crippen molar-refractivity contribution in [2.24, 2.45) is 0 Å². The molecule has 7 nitrogen and oxygen atoms in total. The van der Waals surface area contributed by atoms with E-state index in [-0.39, 0.29) is 0 Å². The van der Waals surface area contributed by atoms with Crippen LogP contribution in [0.3, 0.4) is 0 Å². The molecule has 0 bridgehead atoms. The maximum Gasteiger partial charge on any atom is 0.229 e. The van der Waals surface area contributed by atoms with Gasteiger partial charge in [-0.15, -0.1) is 0 Å². The summed E-state index contributed by atoms with van der Waals surface area (Å²) in [6, 6.07) is 0.511. The first-order valence-electron chi connectivity index (χ1n) is 8.90. The summed E-state index contributed by atoms with van der Waals surface area (Å²) in [6.45, 7) is 5.70. The van der Waals surface area contributed by atoms with Crippen LogP contribution in [0.15, 0.2) is 15.1 Å². The van der Waals surface area contributed by atoms with Gasteiger partial charge >= 0.3 is 0 Å². The van der Waals surface area contributed by atoms with E-state index in [4.69, 9.17) is 8.94 Å². The molecule has 1 saturated heterocycles. The highest BCUT2D eigenvalue weighted by molar-refractivity contribution is 5.02. The molecule has 2 aromatic heterocycles. The van der Waals surface area contributed by atoms with Crippen molar-refractivity contribution in [2.75, 3.05) is 20.1 Å². The van der Waals surface area contributed by atoms with Crippen LogP contribution in [0.4, 0.5) is 0 Å². The van der Waals surface area contributed by atoms with Crippen LogP contribution < -0.4 is 0 Å². The first kappa shape index (κ1) is 15.8. The van der Waals surface area contributed by atoms with Crippen LogP contribution in [0.1, 0.15) is 55.5 Å². The van der Waals surface area contributed by atoms with Crippen LogP contribution >= 0.6 is 0 Å². The fraction of sp³-hybridized carbons (Fsp3) is 0.706. The van der Waals surface area contributed by atoms with Crippen molar-refractivity contribution in [3.05, 3.63) is 29.6 Å². The van der Waals surface area contributed by atoms with Gasteiger partial charge in [0, 0.05) is 31.5 Å². The molecule has 1 saturated carbocycles. The van der Waals surface area contributed by atoms with Gasteiger partial charge in [-0.1, -0.05) is 12.1 Å². The molecule has 0 unspecified atom stereocenters. The molecule has 130 valence electrons. The van der Waals surface area contributed by atoms with Crippen LogP contribution in [0.25, 0.3) is 0 Å². The third kappa shape index (κ3) is 3.52. The van der Waals surface area contributed by atoms with Crippen LogP contribution in [0.5, 0.6) is 0 Å². The van der Waals surface area contributed by atoms with E-state index in [9.17, 15) is 0 Å². The molecule has 0 amide bonds. The average molecular weight is 331 g/mol. The van der Waals surface area contributed by atoms with E-state index < -0.39 is 0 Å². The first-order valence-corrected chi connectivity index (χ1v) is 8.90. The maximum atomic E-state index is 5.72. The van der Waals surface area contributed by atoms with Gasteiger partial charge in [0.1, 0.15) is 5.76 Å². The van der Waals surface area contributed by atoms with Gasteiger partial charge in [0.2, 0.25) is 11.8 Å². The van der Waals surface area contributed by atoms with Crippen molar-refractivity contribution in [1.29, 1.82) is 0 Å². The van der Waals surface area contributed by atoms with Gasteiger partial charge in [0.15, 0.2) is 5.82 Å². The van der Waals surface area contributed by atoms with Crippen LogP contribution in [0, 0.1) is 0 Å². The van der Waals surface area contributed by atoms with Gasteiger partial charge in [0.25, 0.3) is 0 Å². The van der Waals surface area contributed by atoms with E-state index in [2.05, 4.69) is 38.9 Å². The van der Waals surface area contributed by atoms with Crippen molar-refractivity contribution in [1.82, 2.24) is 24.9 Å². The number of hydrogen-bond acceptors (Lipinski definition) is 7. The second-order valence-electron chi connectivity index (χ2n) is 6.99. The number of aromatic nitrogens is 3. The summed E-state index contributed by atoms with van der Waals surface area (Å²) < 4.78 is 11.1. The lowest BCUT2D eigenvalue weighted by atomic mass is 10.2. The van der Waals surface area contributed by atoms with E-state index in [0.29, 0.717) is 12.0 Å². The highest BCUT2D eigenvalue weighted by Crippen LogP contribution is 2.38. The normalized spacial score (nSPS) is 21.9. The Morgan fingerprint density at radius 1 is 1.33 bits per heavy atom. The minimum absolute atomic E-state index is 0.511. The smallest absolute Gasteiger partial charge is 0.229 e. The zero-order valence-corrected chi connectivity index (χ0v) is 14.4. The van der Waals surface area contributed by atoms with E-state index in [1.54, 1.807) is 0 Å². The number of rotatable bonds is 7. The van der Waals surface area contributed by atoms with Gasteiger partial charge in [-0.25, -0.2) is 4.98 Å². The molecule has 2 fully saturated rings. The Morgan fingerprint density at radius 3 is 2.96 bits per heavy atom. The standard InChI is InChI=1S/C17H25N5O2/c1-3-14-8-18-16(23-14)11-21(2)13-6-7-22(9-13)10-15-19-17(24-20-15)12-4-5-12/h8,12-13H,3-7,9-11H2,1-2H3/t13-/m1/s1. The summed E-state index contributed by atoms with van der Waals surface area (Å²) in [5, 5.41) is 4.12. The van der Waals surface area contributed by atoms with E-state index in [1.807, 2.05) is 6.20 Å². The molecule has 1 aliphatic carbocycles. The molecule has 2 aliphatic rings. The predicted octanol–water partition coefficient (Wildman–Crippen LogP) is 2.20. The molecule has 0 spiro atoms. The summed E-state index contributed by atoms with van der Waals surface area (Å²) in [5.74, 6) is 3.93. The number of aryl methyl sites for hydroxylation is 1. The maximum absolute atomic E-state index is 5.72. The second-order valence-corrected chi connectivity index (χ2v) is 6.99. The van der Waals surface area contributed by atoms with E-state index in [1.165, 1.54) is 12.8 Å². The Hall–Kier alpha value is -1.73. The zero-order chi connectivity index (χ0) is 16.5. The Labute approximate surface area is 142 Å². The van der Waals surface area contributed by atoms with Crippen molar-refractivity contribution in [3.8, 4) is 0 Å². The Bertz CT molecular complexity index is 678. The molecular weight excluding hydrogens is 306 g/mol. The van der Waals surface area contributed by atoms with Gasteiger partial charge in [-0.2, -0.15) is 4.98 Å². The molecule has 7 heteroatoms. The summed E-state index contributed by atoms with van der Waals surface area (Å²) >= 11 is 0. The minimum atomic E-state index is 0.511. The summed E-state index contributed by atoms with van der Waals surface area (Å²) in [6.07, 6.45) is 6.25. The SMILES string of the molecule is CCc1cnc(CN(C)[C@@H]2CCN(Cc3noc(C4CC4)n3)C2)o1. The highest BCUT2D eigenvalue weighted by Gasteiger charge is 2.31. The Kier molecular flexibility index (Phi) is 4.37. The van der Waals surface area contributed by atoms with Crippen molar-refractivity contribution < 1.29 is 8.94 Å². The minimum Gasteiger partial charge on any atom is -0.444 e. The highest BCUT2D eigenvalue weighted by atomic mass is 16.5. The lowest BCUT2D eigenvalue weighted by Gasteiger charge is -2.23. The van der Waals surface area contributed by atoms with Crippen LogP contribution in [-0.4, -0.2) is 51.1 Å². The molecule has 4 rings (SSSR count). The second kappa shape index (κ2) is 6.64. The van der Waals surface area contributed by atoms with Crippen molar-refractivity contribution in [3.63, 3.8) is 0 Å². The van der Waals surface area contributed by atoms with Crippen molar-refractivity contribution in [2.45, 2.75) is 57.7 Å². The fourth-order valence-electron chi connectivity index (χ4n) is 3.27. The number of nitrogens with zero attached hydrogens (tertiary/aromatic N) is 5. The summed E-state index contributed by atoms with van der Waals surface area (Å²) in [4.78, 5) is 13.6. The zero-order valence-electron chi connectivity index (χ0n) is 14.4. The predicted molar refractivity (Wildman–Crippen MR) is 87.3 cm³/mol. The average Bonchev–Trinajstić information content (AvgIpc) is 3.00. The van der Waals surface area contributed by atoms with Gasteiger partial charge in [-0.3, -0.25) is 9.80 Å². The van der Waals surface area contributed by atoms with Crippen LogP contribution in [0.2, 0.25) is 0 Å². The Balaban J connectivity index is 1.28. The van der Waals surface area contributed by atoms with E-state index >= 15 is 0 Å². The van der Waals surface area contributed by atoms with Crippen molar-refractivity contribution >= 4 is 0 Å². The molecule has 0 N–H and O–H groups in total. The lowest BCUT2D eigenvalue weighted by molar-refractivity contribution is 0.202. The molecule has 0 radical (unpaired) electrons. The van der Waals surface area contributed by atoms with Gasteiger partial charge in [-0.05, 0) is 26.3 Å². The number of likely N-dealkylation sites (tertiary alicyclic amines) is 1. The molecule has 3 heterocycles. The number of oxazole rings is 1. The summed E-state index contributed by atoms with van der Waals surface area (Å²) in [7, 11) is 2.14. The molecule has 24 heavy (non-hydrogen) atoms. The first-order chi connectivity index (χ1) is 11.7. The van der Waals surface area contributed by atoms with E-state index in [0.717, 1.165) is 62.4 Å². The van der Waals surface area contributed by atoms with Gasteiger partial charge in [0.05, 0.1) is 19.3 Å². The Morgan fingerprint density at radius 2 is 2.21 bits per heavy atom. The third-order valence-electron chi connectivity index (χ3n) is 4.98. The number of likely N-dealkylation sites (N-methyl/N-ethyl adjacent to an activating group) is 1. The fourth-order valence-corrected chi connectivity index (χ4v) is 3.27. The summed E-state index contributed by atoms with van der Waals surface area (Å²) in [5.41, 5.74) is 0. The molecule has 1 atom stereocenters. The molecular formula is C17H25N5O2. The third-order valence-corrected chi connectivity index (χ3v) is 4.98. The largest absolute Gasteiger partial charge is 0.444 e. The van der Waals surface area contributed by atoms with Crippen LogP contribution in [-0.2, 0) is 19.5 Å². The van der Waals surface area contributed by atoms with Gasteiger partial charge < -0.3 is 8.94 Å². The molecule has 2 aromatic rings.